The van der Waals surface area contributed by atoms with Gasteiger partial charge in [-0.15, -0.1) is 0 Å². The molecule has 4 heteroatoms. The van der Waals surface area contributed by atoms with Crippen LogP contribution < -0.4 is 5.73 Å². The summed E-state index contributed by atoms with van der Waals surface area (Å²) in [4.78, 5) is 0. The van der Waals surface area contributed by atoms with Crippen LogP contribution in [-0.2, 0) is 0 Å². The molecule has 0 bridgehead atoms. The van der Waals surface area contributed by atoms with Gasteiger partial charge >= 0.3 is 0 Å². The first-order valence-corrected chi connectivity index (χ1v) is 6.03. The molecule has 2 aromatic heterocycles. The molecule has 3 rings (SSSR count). The summed E-state index contributed by atoms with van der Waals surface area (Å²) in [6.45, 7) is 1.88. The van der Waals surface area contributed by atoms with Crippen LogP contribution >= 0.6 is 11.6 Å². The average Bonchev–Trinajstić information content (AvgIpc) is 2.95. The summed E-state index contributed by atoms with van der Waals surface area (Å²) in [5.41, 5.74) is 6.77. The lowest BCUT2D eigenvalue weighted by Gasteiger charge is -2.04. The van der Waals surface area contributed by atoms with Crippen LogP contribution in [0.2, 0.25) is 5.02 Å². The van der Waals surface area contributed by atoms with Crippen molar-refractivity contribution in [2.24, 2.45) is 5.73 Å². The summed E-state index contributed by atoms with van der Waals surface area (Å²) in [6, 6.07) is 10.8. The number of hydrogen-bond acceptors (Lipinski definition) is 3. The van der Waals surface area contributed by atoms with Crippen molar-refractivity contribution >= 4 is 22.6 Å². The molecule has 1 atom stereocenters. The van der Waals surface area contributed by atoms with Crippen molar-refractivity contribution < 1.29 is 8.83 Å². The highest BCUT2D eigenvalue weighted by atomic mass is 35.5. The van der Waals surface area contributed by atoms with E-state index in [1.54, 1.807) is 6.07 Å². The number of furan rings is 2. The molecule has 0 aliphatic carbocycles. The Labute approximate surface area is 109 Å². The lowest BCUT2D eigenvalue weighted by atomic mass is 10.1. The zero-order chi connectivity index (χ0) is 12.7. The molecule has 0 amide bonds. The Morgan fingerprint density at radius 3 is 2.61 bits per heavy atom. The normalized spacial score (nSPS) is 13.1. The van der Waals surface area contributed by atoms with Gasteiger partial charge in [0, 0.05) is 5.39 Å². The number of nitrogens with two attached hydrogens (primary N) is 1. The molecule has 1 unspecified atom stereocenters. The monoisotopic (exact) mass is 261 g/mol. The van der Waals surface area contributed by atoms with Gasteiger partial charge in [-0.1, -0.05) is 23.7 Å². The van der Waals surface area contributed by atoms with Crippen molar-refractivity contribution in [1.82, 2.24) is 0 Å². The summed E-state index contributed by atoms with van der Waals surface area (Å²) < 4.78 is 11.2. The highest BCUT2D eigenvalue weighted by Gasteiger charge is 2.18. The zero-order valence-electron chi connectivity index (χ0n) is 9.81. The molecule has 0 spiro atoms. The summed E-state index contributed by atoms with van der Waals surface area (Å²) in [5, 5.41) is 1.53. The SMILES string of the molecule is Cc1ccc(C(N)c2cc3cccc(Cl)c3o2)o1. The second-order valence-corrected chi connectivity index (χ2v) is 4.64. The highest BCUT2D eigenvalue weighted by molar-refractivity contribution is 6.34. The minimum Gasteiger partial charge on any atom is -0.464 e. The number of fused-ring (bicyclic) bond motifs is 1. The molecular weight excluding hydrogens is 250 g/mol. The molecule has 18 heavy (non-hydrogen) atoms. The third-order valence-electron chi connectivity index (χ3n) is 2.89. The van der Waals surface area contributed by atoms with E-state index >= 15 is 0 Å². The maximum absolute atomic E-state index is 6.11. The summed E-state index contributed by atoms with van der Waals surface area (Å²) in [7, 11) is 0. The average molecular weight is 262 g/mol. The maximum atomic E-state index is 6.11. The Hall–Kier alpha value is -1.71. The molecule has 0 radical (unpaired) electrons. The van der Waals surface area contributed by atoms with Crippen LogP contribution in [0.5, 0.6) is 0 Å². The molecule has 3 aromatic rings. The van der Waals surface area contributed by atoms with Gasteiger partial charge < -0.3 is 14.6 Å². The second-order valence-electron chi connectivity index (χ2n) is 4.23. The van der Waals surface area contributed by atoms with E-state index in [0.717, 1.165) is 11.1 Å². The van der Waals surface area contributed by atoms with E-state index in [-0.39, 0.29) is 0 Å². The Morgan fingerprint density at radius 2 is 1.94 bits per heavy atom. The Bertz CT molecular complexity index is 699. The van der Waals surface area contributed by atoms with Crippen molar-refractivity contribution in [2.75, 3.05) is 0 Å². The fourth-order valence-corrected chi connectivity index (χ4v) is 2.18. The van der Waals surface area contributed by atoms with Gasteiger partial charge in [-0.25, -0.2) is 0 Å². The second kappa shape index (κ2) is 4.19. The molecule has 0 fully saturated rings. The minimum atomic E-state index is -0.415. The number of aryl methyl sites for hydroxylation is 1. The first-order valence-electron chi connectivity index (χ1n) is 5.65. The predicted molar refractivity (Wildman–Crippen MR) is 70.7 cm³/mol. The Balaban J connectivity index is 2.06. The third kappa shape index (κ3) is 1.82. The van der Waals surface area contributed by atoms with E-state index in [1.165, 1.54) is 0 Å². The number of hydrogen-bond donors (Lipinski definition) is 1. The van der Waals surface area contributed by atoms with Crippen molar-refractivity contribution in [2.45, 2.75) is 13.0 Å². The van der Waals surface area contributed by atoms with E-state index in [9.17, 15) is 0 Å². The molecule has 1 aromatic carbocycles. The van der Waals surface area contributed by atoms with Crippen molar-refractivity contribution in [3.8, 4) is 0 Å². The van der Waals surface area contributed by atoms with E-state index in [1.807, 2.05) is 37.3 Å². The van der Waals surface area contributed by atoms with Gasteiger partial charge in [0.2, 0.25) is 0 Å². The van der Waals surface area contributed by atoms with Gasteiger partial charge in [0.15, 0.2) is 5.58 Å². The van der Waals surface area contributed by atoms with Gasteiger partial charge in [-0.05, 0) is 31.2 Å². The predicted octanol–water partition coefficient (Wildman–Crippen LogP) is 4.04. The summed E-state index contributed by atoms with van der Waals surface area (Å²) in [5.74, 6) is 2.16. The first-order chi connectivity index (χ1) is 8.65. The topological polar surface area (TPSA) is 52.3 Å². The molecule has 2 heterocycles. The highest BCUT2D eigenvalue weighted by Crippen LogP contribution is 2.31. The largest absolute Gasteiger partial charge is 0.464 e. The van der Waals surface area contributed by atoms with E-state index < -0.39 is 6.04 Å². The van der Waals surface area contributed by atoms with Crippen LogP contribution in [0, 0.1) is 6.92 Å². The number of rotatable bonds is 2. The summed E-state index contributed by atoms with van der Waals surface area (Å²) in [6.07, 6.45) is 0. The molecule has 2 N–H and O–H groups in total. The lowest BCUT2D eigenvalue weighted by Crippen LogP contribution is -2.09. The first kappa shape index (κ1) is 11.4. The van der Waals surface area contributed by atoms with E-state index in [2.05, 4.69) is 0 Å². The van der Waals surface area contributed by atoms with Crippen molar-refractivity contribution in [3.63, 3.8) is 0 Å². The van der Waals surface area contributed by atoms with Crippen LogP contribution in [0.3, 0.4) is 0 Å². The van der Waals surface area contributed by atoms with Gasteiger partial charge in [0.05, 0.1) is 5.02 Å². The number of halogens is 1. The van der Waals surface area contributed by atoms with Crippen LogP contribution in [-0.4, -0.2) is 0 Å². The lowest BCUT2D eigenvalue weighted by molar-refractivity contribution is 0.431. The number of para-hydroxylation sites is 1. The molecule has 0 saturated carbocycles. The van der Waals surface area contributed by atoms with Crippen LogP contribution in [0.25, 0.3) is 11.0 Å². The van der Waals surface area contributed by atoms with Crippen LogP contribution in [0.15, 0.2) is 45.2 Å². The smallest absolute Gasteiger partial charge is 0.152 e. The van der Waals surface area contributed by atoms with Crippen molar-refractivity contribution in [1.29, 1.82) is 0 Å². The Kier molecular flexibility index (Phi) is 2.65. The third-order valence-corrected chi connectivity index (χ3v) is 3.19. The fourth-order valence-electron chi connectivity index (χ4n) is 1.96. The van der Waals surface area contributed by atoms with Gasteiger partial charge in [-0.3, -0.25) is 0 Å². The molecule has 3 nitrogen and oxygen atoms in total. The molecule has 0 aliphatic heterocycles. The van der Waals surface area contributed by atoms with E-state index in [4.69, 9.17) is 26.2 Å². The molecular formula is C14H12ClNO2. The Morgan fingerprint density at radius 1 is 1.11 bits per heavy atom. The van der Waals surface area contributed by atoms with Crippen LogP contribution in [0.1, 0.15) is 23.3 Å². The maximum Gasteiger partial charge on any atom is 0.152 e. The standard InChI is InChI=1S/C14H12ClNO2/c1-8-5-6-11(17-8)13(16)12-7-9-3-2-4-10(15)14(9)18-12/h2-7,13H,16H2,1H3. The summed E-state index contributed by atoms with van der Waals surface area (Å²) >= 11 is 6.07. The van der Waals surface area contributed by atoms with Gasteiger partial charge in [0.25, 0.3) is 0 Å². The minimum absolute atomic E-state index is 0.415. The molecule has 92 valence electrons. The zero-order valence-corrected chi connectivity index (χ0v) is 10.6. The van der Waals surface area contributed by atoms with E-state index in [0.29, 0.717) is 22.1 Å². The quantitative estimate of drug-likeness (QED) is 0.757. The number of benzene rings is 1. The van der Waals surface area contributed by atoms with Gasteiger partial charge in [0.1, 0.15) is 23.3 Å². The van der Waals surface area contributed by atoms with Gasteiger partial charge in [-0.2, -0.15) is 0 Å². The molecule has 0 aliphatic rings. The molecule has 0 saturated heterocycles. The van der Waals surface area contributed by atoms with Crippen molar-refractivity contribution in [3.05, 3.63) is 58.7 Å². The fraction of sp³-hybridized carbons (Fsp3) is 0.143. The van der Waals surface area contributed by atoms with Crippen LogP contribution in [0.4, 0.5) is 0 Å².